The number of rotatable bonds is 5. The van der Waals surface area contributed by atoms with Crippen LogP contribution in [0.3, 0.4) is 0 Å². The third-order valence-corrected chi connectivity index (χ3v) is 3.82. The zero-order chi connectivity index (χ0) is 18.1. The Balaban J connectivity index is 2.46. The van der Waals surface area contributed by atoms with Crippen molar-refractivity contribution in [1.29, 1.82) is 0 Å². The summed E-state index contributed by atoms with van der Waals surface area (Å²) >= 11 is 0. The van der Waals surface area contributed by atoms with Crippen LogP contribution in [0.1, 0.15) is 65.8 Å². The Bertz CT molecular complexity index is 761. The normalized spacial score (nSPS) is 11.5. The molecule has 0 spiro atoms. The summed E-state index contributed by atoms with van der Waals surface area (Å²) in [6, 6.07) is 4.91. The van der Waals surface area contributed by atoms with E-state index in [4.69, 9.17) is 14.3 Å². The second-order valence-corrected chi connectivity index (χ2v) is 6.66. The smallest absolute Gasteiger partial charge is 0.371 e. The summed E-state index contributed by atoms with van der Waals surface area (Å²) in [6.45, 7) is 10.4. The van der Waals surface area contributed by atoms with Crippen LogP contribution in [-0.2, 0) is 16.7 Å². The van der Waals surface area contributed by atoms with Crippen LogP contribution in [-0.4, -0.2) is 28.2 Å². The molecule has 0 aliphatic carbocycles. The highest BCUT2D eigenvalue weighted by atomic mass is 16.5. The first-order valence-electron chi connectivity index (χ1n) is 7.85. The van der Waals surface area contributed by atoms with Gasteiger partial charge in [-0.3, -0.25) is 0 Å². The van der Waals surface area contributed by atoms with Crippen LogP contribution in [0.15, 0.2) is 22.6 Å². The fourth-order valence-corrected chi connectivity index (χ4v) is 2.62. The minimum absolute atomic E-state index is 0.0993. The van der Waals surface area contributed by atoms with E-state index in [0.29, 0.717) is 24.5 Å². The van der Waals surface area contributed by atoms with Gasteiger partial charge in [0.2, 0.25) is 5.76 Å². The van der Waals surface area contributed by atoms with Gasteiger partial charge in [-0.1, -0.05) is 20.8 Å². The van der Waals surface area contributed by atoms with E-state index < -0.39 is 5.97 Å². The first-order valence-corrected chi connectivity index (χ1v) is 7.85. The van der Waals surface area contributed by atoms with Gasteiger partial charge in [0.15, 0.2) is 0 Å². The summed E-state index contributed by atoms with van der Waals surface area (Å²) in [7, 11) is 0. The number of carboxylic acids is 1. The van der Waals surface area contributed by atoms with Crippen LogP contribution in [0, 0.1) is 6.92 Å². The third-order valence-electron chi connectivity index (χ3n) is 3.82. The third kappa shape index (κ3) is 3.53. The van der Waals surface area contributed by atoms with E-state index in [-0.39, 0.29) is 17.1 Å². The van der Waals surface area contributed by atoms with Crippen LogP contribution >= 0.6 is 0 Å². The molecule has 0 aliphatic heterocycles. The minimum atomic E-state index is -1.10. The molecule has 0 saturated heterocycles. The van der Waals surface area contributed by atoms with Gasteiger partial charge in [-0.25, -0.2) is 9.59 Å². The Morgan fingerprint density at radius 3 is 2.46 bits per heavy atom. The summed E-state index contributed by atoms with van der Waals surface area (Å²) < 4.78 is 12.4. The van der Waals surface area contributed by atoms with Gasteiger partial charge < -0.3 is 18.8 Å². The van der Waals surface area contributed by atoms with Crippen LogP contribution in [0.4, 0.5) is 0 Å². The minimum Gasteiger partial charge on any atom is -0.475 e. The van der Waals surface area contributed by atoms with Crippen molar-refractivity contribution in [2.75, 3.05) is 6.61 Å². The Morgan fingerprint density at radius 2 is 1.96 bits per heavy atom. The summed E-state index contributed by atoms with van der Waals surface area (Å²) in [4.78, 5) is 23.1. The maximum absolute atomic E-state index is 12.2. The molecule has 2 heterocycles. The second kappa shape index (κ2) is 6.55. The summed E-state index contributed by atoms with van der Waals surface area (Å²) in [5.41, 5.74) is 2.05. The van der Waals surface area contributed by atoms with Crippen molar-refractivity contribution in [2.24, 2.45) is 0 Å². The van der Waals surface area contributed by atoms with Crippen molar-refractivity contribution >= 4 is 11.9 Å². The van der Waals surface area contributed by atoms with Gasteiger partial charge in [0.25, 0.3) is 0 Å². The molecule has 0 fully saturated rings. The number of hydrogen-bond acceptors (Lipinski definition) is 4. The largest absolute Gasteiger partial charge is 0.475 e. The predicted molar refractivity (Wildman–Crippen MR) is 88.6 cm³/mol. The molecule has 1 N–H and O–H groups in total. The maximum atomic E-state index is 12.2. The van der Waals surface area contributed by atoms with Gasteiger partial charge in [-0.05, 0) is 32.0 Å². The average Bonchev–Trinajstić information content (AvgIpc) is 3.05. The molecule has 2 aromatic heterocycles. The molecule has 6 nitrogen and oxygen atoms in total. The molecule has 0 atom stereocenters. The highest BCUT2D eigenvalue weighted by Gasteiger charge is 2.26. The quantitative estimate of drug-likeness (QED) is 0.845. The summed E-state index contributed by atoms with van der Waals surface area (Å²) in [5.74, 6) is -1.04. The molecule has 130 valence electrons. The lowest BCUT2D eigenvalue weighted by molar-refractivity contribution is 0.0525. The van der Waals surface area contributed by atoms with Crippen molar-refractivity contribution in [1.82, 2.24) is 4.57 Å². The first kappa shape index (κ1) is 17.8. The van der Waals surface area contributed by atoms with Crippen molar-refractivity contribution in [2.45, 2.75) is 46.6 Å². The molecule has 0 bridgehead atoms. The molecular formula is C18H23NO5. The number of nitrogens with zero attached hydrogens (tertiary/aromatic N) is 1. The van der Waals surface area contributed by atoms with Gasteiger partial charge in [0.05, 0.1) is 18.7 Å². The molecule has 0 aromatic carbocycles. The lowest BCUT2D eigenvalue weighted by Crippen LogP contribution is -2.18. The number of carbonyl (C=O) groups excluding carboxylic acids is 1. The van der Waals surface area contributed by atoms with E-state index in [1.165, 1.54) is 6.07 Å². The maximum Gasteiger partial charge on any atom is 0.371 e. The fourth-order valence-electron chi connectivity index (χ4n) is 2.62. The van der Waals surface area contributed by atoms with Crippen molar-refractivity contribution in [3.63, 3.8) is 0 Å². The van der Waals surface area contributed by atoms with Gasteiger partial charge in [-0.2, -0.15) is 0 Å². The van der Waals surface area contributed by atoms with Crippen LogP contribution in [0.5, 0.6) is 0 Å². The van der Waals surface area contributed by atoms with E-state index in [1.54, 1.807) is 13.0 Å². The van der Waals surface area contributed by atoms with Crippen LogP contribution < -0.4 is 0 Å². The zero-order valence-corrected chi connectivity index (χ0v) is 14.7. The Labute approximate surface area is 141 Å². The molecule has 24 heavy (non-hydrogen) atoms. The molecule has 2 aromatic rings. The molecule has 0 aliphatic rings. The second-order valence-electron chi connectivity index (χ2n) is 6.66. The number of hydrogen-bond donors (Lipinski definition) is 1. The lowest BCUT2D eigenvalue weighted by atomic mass is 9.92. The molecule has 0 amide bonds. The summed E-state index contributed by atoms with van der Waals surface area (Å²) in [6.07, 6.45) is 0. The van der Waals surface area contributed by atoms with E-state index in [0.717, 1.165) is 11.4 Å². The fraction of sp³-hybridized carbons (Fsp3) is 0.444. The molecule has 0 saturated carbocycles. The number of esters is 1. The predicted octanol–water partition coefficient (Wildman–Crippen LogP) is 3.61. The van der Waals surface area contributed by atoms with E-state index in [1.807, 2.05) is 17.6 Å². The number of carboxylic acid groups (broad SMARTS) is 1. The number of furan rings is 1. The Morgan fingerprint density at radius 1 is 1.29 bits per heavy atom. The van der Waals surface area contributed by atoms with Gasteiger partial charge >= 0.3 is 11.9 Å². The molecule has 0 unspecified atom stereocenters. The number of aromatic carboxylic acids is 1. The van der Waals surface area contributed by atoms with Gasteiger partial charge in [0, 0.05) is 16.8 Å². The molecule has 0 radical (unpaired) electrons. The van der Waals surface area contributed by atoms with Crippen molar-refractivity contribution < 1.29 is 23.8 Å². The van der Waals surface area contributed by atoms with Crippen LogP contribution in [0.2, 0.25) is 0 Å². The van der Waals surface area contributed by atoms with Crippen molar-refractivity contribution in [3.05, 3.63) is 46.7 Å². The molecular weight excluding hydrogens is 310 g/mol. The number of carbonyl (C=O) groups is 2. The monoisotopic (exact) mass is 333 g/mol. The Hall–Kier alpha value is -2.50. The highest BCUT2D eigenvalue weighted by Crippen LogP contribution is 2.29. The standard InChI is InChI=1S/C18H23NO5/c1-6-23-17(22)13-9-15(18(3,4)5)19(11(13)2)10-12-7-8-14(24-12)16(20)21/h7-9H,6,10H2,1-5H3,(H,20,21). The highest BCUT2D eigenvalue weighted by molar-refractivity contribution is 5.91. The van der Waals surface area contributed by atoms with E-state index >= 15 is 0 Å². The zero-order valence-electron chi connectivity index (χ0n) is 14.7. The van der Waals surface area contributed by atoms with E-state index in [9.17, 15) is 9.59 Å². The summed E-state index contributed by atoms with van der Waals surface area (Å²) in [5, 5.41) is 8.98. The topological polar surface area (TPSA) is 81.7 Å². The average molecular weight is 333 g/mol. The van der Waals surface area contributed by atoms with E-state index in [2.05, 4.69) is 20.8 Å². The first-order chi connectivity index (χ1) is 11.1. The van der Waals surface area contributed by atoms with Crippen LogP contribution in [0.25, 0.3) is 0 Å². The SMILES string of the molecule is CCOC(=O)c1cc(C(C)(C)C)n(Cc2ccc(C(=O)O)o2)c1C. The number of ether oxygens (including phenoxy) is 1. The molecule has 6 heteroatoms. The Kier molecular flexibility index (Phi) is 4.87. The lowest BCUT2D eigenvalue weighted by Gasteiger charge is -2.22. The van der Waals surface area contributed by atoms with Crippen molar-refractivity contribution in [3.8, 4) is 0 Å². The number of aromatic nitrogens is 1. The van der Waals surface area contributed by atoms with Gasteiger partial charge in [-0.15, -0.1) is 0 Å². The molecule has 2 rings (SSSR count). The van der Waals surface area contributed by atoms with Gasteiger partial charge in [0.1, 0.15) is 5.76 Å².